The van der Waals surface area contributed by atoms with Gasteiger partial charge in [-0.05, 0) is 86.5 Å². The summed E-state index contributed by atoms with van der Waals surface area (Å²) in [7, 11) is 0. The fraction of sp³-hybridized carbons (Fsp3) is 0.531. The molecule has 0 amide bonds. The summed E-state index contributed by atoms with van der Waals surface area (Å²) in [5.41, 5.74) is 5.75. The van der Waals surface area contributed by atoms with E-state index in [0.29, 0.717) is 6.42 Å². The summed E-state index contributed by atoms with van der Waals surface area (Å²) in [5.74, 6) is 0.681. The second kappa shape index (κ2) is 13.0. The predicted octanol–water partition coefficient (Wildman–Crippen LogP) is 7.80. The predicted molar refractivity (Wildman–Crippen MR) is 145 cm³/mol. The fourth-order valence-electron chi connectivity index (χ4n) is 6.20. The number of fused-ring (bicyclic) bond motifs is 1. The topological polar surface area (TPSA) is 51.2 Å². The maximum atomic E-state index is 13.4. The van der Waals surface area contributed by atoms with Crippen molar-refractivity contribution in [1.29, 1.82) is 0 Å². The zero-order valence-electron chi connectivity index (χ0n) is 22.1. The van der Waals surface area contributed by atoms with Crippen molar-refractivity contribution in [3.05, 3.63) is 64.8 Å². The van der Waals surface area contributed by atoms with Crippen molar-refractivity contribution in [3.63, 3.8) is 0 Å². The minimum Gasteiger partial charge on any atom is -0.300 e. The summed E-state index contributed by atoms with van der Waals surface area (Å²) in [6.45, 7) is 7.81. The van der Waals surface area contributed by atoms with Crippen LogP contribution in [0.1, 0.15) is 106 Å². The number of carbonyl (C=O) groups is 3. The van der Waals surface area contributed by atoms with Crippen LogP contribution in [0.2, 0.25) is 0 Å². The minimum atomic E-state index is -0.0853. The van der Waals surface area contributed by atoms with E-state index in [1.54, 1.807) is 0 Å². The van der Waals surface area contributed by atoms with Crippen molar-refractivity contribution in [3.8, 4) is 0 Å². The van der Waals surface area contributed by atoms with Gasteiger partial charge in [-0.3, -0.25) is 14.4 Å². The third-order valence-electron chi connectivity index (χ3n) is 7.76. The Morgan fingerprint density at radius 2 is 1.86 bits per heavy atom. The van der Waals surface area contributed by atoms with Gasteiger partial charge in [0.15, 0.2) is 5.78 Å². The van der Waals surface area contributed by atoms with Gasteiger partial charge in [0.2, 0.25) is 0 Å². The van der Waals surface area contributed by atoms with Crippen LogP contribution in [-0.2, 0) is 16.0 Å². The molecule has 2 aliphatic carbocycles. The number of allylic oxidation sites excluding steroid dienone is 6. The molecule has 0 radical (unpaired) electrons. The molecule has 3 unspecified atom stereocenters. The first kappa shape index (κ1) is 27.0. The highest BCUT2D eigenvalue weighted by Crippen LogP contribution is 2.38. The molecule has 3 heteroatoms. The van der Waals surface area contributed by atoms with E-state index in [4.69, 9.17) is 0 Å². The summed E-state index contributed by atoms with van der Waals surface area (Å²) in [4.78, 5) is 37.8. The average molecular weight is 475 g/mol. The third-order valence-corrected chi connectivity index (χ3v) is 7.76. The van der Waals surface area contributed by atoms with Gasteiger partial charge < -0.3 is 0 Å². The van der Waals surface area contributed by atoms with Crippen molar-refractivity contribution < 1.29 is 14.4 Å². The molecule has 35 heavy (non-hydrogen) atoms. The van der Waals surface area contributed by atoms with Crippen LogP contribution in [0.5, 0.6) is 0 Å². The molecule has 0 saturated heterocycles. The molecular weight excluding hydrogens is 432 g/mol. The number of hydrogen-bond donors (Lipinski definition) is 0. The molecule has 0 spiro atoms. The Morgan fingerprint density at radius 1 is 1.09 bits per heavy atom. The van der Waals surface area contributed by atoms with Gasteiger partial charge in [0, 0.05) is 17.9 Å². The van der Waals surface area contributed by atoms with E-state index >= 15 is 0 Å². The van der Waals surface area contributed by atoms with Crippen LogP contribution in [-0.4, -0.2) is 17.3 Å². The molecule has 0 aliphatic heterocycles. The van der Waals surface area contributed by atoms with Crippen LogP contribution in [0.15, 0.2) is 42.5 Å². The molecule has 3 rings (SSSR count). The van der Waals surface area contributed by atoms with Gasteiger partial charge in [0.25, 0.3) is 0 Å². The van der Waals surface area contributed by atoms with Gasteiger partial charge in [-0.25, -0.2) is 0 Å². The molecule has 2 aliphatic rings. The SMILES string of the molecule is CCCC(CC1CC(=O)c2c(ccc(C3=CCC=CC=CCC3)c2C)C1)C(CC)C(=O)CC(C)=O. The lowest BCUT2D eigenvalue weighted by molar-refractivity contribution is -0.129. The molecule has 0 aromatic heterocycles. The van der Waals surface area contributed by atoms with E-state index in [0.717, 1.165) is 68.1 Å². The van der Waals surface area contributed by atoms with Crippen molar-refractivity contribution in [1.82, 2.24) is 0 Å². The quantitative estimate of drug-likeness (QED) is 0.325. The van der Waals surface area contributed by atoms with Crippen molar-refractivity contribution in [2.24, 2.45) is 17.8 Å². The van der Waals surface area contributed by atoms with E-state index < -0.39 is 0 Å². The molecule has 188 valence electrons. The maximum Gasteiger partial charge on any atom is 0.163 e. The first-order valence-electron chi connectivity index (χ1n) is 13.5. The average Bonchev–Trinajstić information content (AvgIpc) is 2.93. The van der Waals surface area contributed by atoms with Crippen LogP contribution in [0.4, 0.5) is 0 Å². The monoisotopic (exact) mass is 474 g/mol. The number of carbonyl (C=O) groups excluding carboxylic acids is 3. The highest BCUT2D eigenvalue weighted by atomic mass is 16.1. The molecule has 1 aromatic rings. The highest BCUT2D eigenvalue weighted by molar-refractivity contribution is 6.01. The Hall–Kier alpha value is -2.55. The lowest BCUT2D eigenvalue weighted by Gasteiger charge is -2.32. The summed E-state index contributed by atoms with van der Waals surface area (Å²) < 4.78 is 0. The molecule has 3 nitrogen and oxygen atoms in total. The molecular formula is C32H42O3. The lowest BCUT2D eigenvalue weighted by Crippen LogP contribution is -2.30. The Bertz CT molecular complexity index is 1020. The number of hydrogen-bond acceptors (Lipinski definition) is 3. The maximum absolute atomic E-state index is 13.4. The van der Waals surface area contributed by atoms with Crippen LogP contribution < -0.4 is 0 Å². The van der Waals surface area contributed by atoms with Crippen LogP contribution in [0.3, 0.4) is 0 Å². The second-order valence-electron chi connectivity index (χ2n) is 10.5. The number of ketones is 3. The molecule has 1 aromatic carbocycles. The first-order valence-corrected chi connectivity index (χ1v) is 13.5. The van der Waals surface area contributed by atoms with Crippen LogP contribution in [0.25, 0.3) is 5.57 Å². The van der Waals surface area contributed by atoms with Gasteiger partial charge in [-0.15, -0.1) is 0 Å². The zero-order chi connectivity index (χ0) is 25.4. The van der Waals surface area contributed by atoms with Gasteiger partial charge >= 0.3 is 0 Å². The molecule has 0 fully saturated rings. The lowest BCUT2D eigenvalue weighted by atomic mass is 9.71. The minimum absolute atomic E-state index is 0.0363. The Kier molecular flexibility index (Phi) is 10.0. The van der Waals surface area contributed by atoms with E-state index in [9.17, 15) is 14.4 Å². The van der Waals surface area contributed by atoms with E-state index in [2.05, 4.69) is 63.3 Å². The van der Waals surface area contributed by atoms with Crippen molar-refractivity contribution in [2.75, 3.05) is 0 Å². The fourth-order valence-corrected chi connectivity index (χ4v) is 6.20. The van der Waals surface area contributed by atoms with Gasteiger partial charge in [0.05, 0.1) is 6.42 Å². The molecule has 0 N–H and O–H groups in total. The van der Waals surface area contributed by atoms with Gasteiger partial charge in [-0.2, -0.15) is 0 Å². The van der Waals surface area contributed by atoms with Crippen LogP contribution >= 0.6 is 0 Å². The molecule has 0 bridgehead atoms. The largest absolute Gasteiger partial charge is 0.300 e. The first-order chi connectivity index (χ1) is 16.8. The molecule has 0 saturated carbocycles. The summed E-state index contributed by atoms with van der Waals surface area (Å²) in [6.07, 6.45) is 18.9. The van der Waals surface area contributed by atoms with E-state index in [-0.39, 0.29) is 41.5 Å². The number of benzene rings is 1. The summed E-state index contributed by atoms with van der Waals surface area (Å²) in [6, 6.07) is 4.39. The number of Topliss-reactive ketones (excluding diaryl/α,β-unsaturated/α-hetero) is 3. The standard InChI is InChI=1S/C32H42O3/c1-5-13-26(28(6-2)30(34)18-22(3)33)19-24-20-27-16-17-29(23(4)32(27)31(35)21-24)25-14-11-9-7-8-10-12-15-25/h7-10,14,16-17,24,26,28H,5-6,11-13,15,18-21H2,1-4H3. The van der Waals surface area contributed by atoms with Gasteiger partial charge in [-0.1, -0.05) is 69.2 Å². The normalized spacial score (nSPS) is 19.7. The summed E-state index contributed by atoms with van der Waals surface area (Å²) >= 11 is 0. The summed E-state index contributed by atoms with van der Waals surface area (Å²) in [5, 5.41) is 0. The van der Waals surface area contributed by atoms with Crippen molar-refractivity contribution in [2.45, 2.75) is 91.9 Å². The van der Waals surface area contributed by atoms with E-state index in [1.165, 1.54) is 18.1 Å². The second-order valence-corrected chi connectivity index (χ2v) is 10.5. The Morgan fingerprint density at radius 3 is 2.57 bits per heavy atom. The van der Waals surface area contributed by atoms with Crippen LogP contribution in [0, 0.1) is 24.7 Å². The zero-order valence-corrected chi connectivity index (χ0v) is 22.1. The Balaban J connectivity index is 1.81. The molecule has 3 atom stereocenters. The Labute approximate surface area is 211 Å². The van der Waals surface area contributed by atoms with Crippen molar-refractivity contribution >= 4 is 22.9 Å². The third kappa shape index (κ3) is 6.99. The molecule has 0 heterocycles. The smallest absolute Gasteiger partial charge is 0.163 e. The highest BCUT2D eigenvalue weighted by Gasteiger charge is 2.33. The van der Waals surface area contributed by atoms with E-state index in [1.807, 2.05) is 0 Å². The van der Waals surface area contributed by atoms with Gasteiger partial charge in [0.1, 0.15) is 11.6 Å². The number of rotatable bonds is 10.